The zero-order chi connectivity index (χ0) is 13.7. The molecule has 0 saturated carbocycles. The zero-order valence-electron chi connectivity index (χ0n) is 12.1. The van der Waals surface area contributed by atoms with E-state index in [9.17, 15) is 5.11 Å². The van der Waals surface area contributed by atoms with Gasteiger partial charge in [0.05, 0.1) is 0 Å². The Balaban J connectivity index is 2.56. The van der Waals surface area contributed by atoms with Gasteiger partial charge in [0.2, 0.25) is 0 Å². The highest BCUT2D eigenvalue weighted by Crippen LogP contribution is 2.23. The average Bonchev–Trinajstić information content (AvgIpc) is 2.25. The molecular weight excluding hydrogens is 226 g/mol. The van der Waals surface area contributed by atoms with Gasteiger partial charge in [0.25, 0.3) is 0 Å². The molecule has 102 valence electrons. The summed E-state index contributed by atoms with van der Waals surface area (Å²) in [6.07, 6.45) is -0.454. The van der Waals surface area contributed by atoms with Crippen molar-refractivity contribution in [1.82, 2.24) is 4.90 Å². The largest absolute Gasteiger partial charge is 0.491 e. The Hall–Kier alpha value is -1.06. The van der Waals surface area contributed by atoms with E-state index in [-0.39, 0.29) is 0 Å². The maximum absolute atomic E-state index is 9.73. The number of likely N-dealkylation sites (N-methyl/N-ethyl adjacent to an activating group) is 1. The number of nitrogens with zero attached hydrogens (tertiary/aromatic N) is 1. The second-order valence-corrected chi connectivity index (χ2v) is 5.40. The van der Waals surface area contributed by atoms with Crippen molar-refractivity contribution in [2.75, 3.05) is 27.2 Å². The van der Waals surface area contributed by atoms with Crippen molar-refractivity contribution in [1.29, 1.82) is 0 Å². The minimum Gasteiger partial charge on any atom is -0.491 e. The van der Waals surface area contributed by atoms with E-state index in [0.717, 1.165) is 5.75 Å². The first-order valence-electron chi connectivity index (χ1n) is 6.46. The highest BCUT2D eigenvalue weighted by Gasteiger charge is 2.08. The molecule has 1 atom stereocenters. The van der Waals surface area contributed by atoms with Crippen LogP contribution in [0.2, 0.25) is 0 Å². The maximum atomic E-state index is 9.73. The summed E-state index contributed by atoms with van der Waals surface area (Å²) in [6, 6.07) is 6.12. The van der Waals surface area contributed by atoms with Gasteiger partial charge in [0.1, 0.15) is 18.5 Å². The van der Waals surface area contributed by atoms with Crippen molar-refractivity contribution in [2.45, 2.75) is 32.8 Å². The Kier molecular flexibility index (Phi) is 5.63. The first kappa shape index (κ1) is 15.0. The fourth-order valence-corrected chi connectivity index (χ4v) is 2.05. The summed E-state index contributed by atoms with van der Waals surface area (Å²) in [4.78, 5) is 1.95. The number of aliphatic hydroxyl groups is 1. The van der Waals surface area contributed by atoms with Crippen LogP contribution in [0, 0.1) is 6.92 Å². The number of benzene rings is 1. The zero-order valence-corrected chi connectivity index (χ0v) is 12.1. The van der Waals surface area contributed by atoms with E-state index in [2.05, 4.69) is 26.8 Å². The van der Waals surface area contributed by atoms with Gasteiger partial charge in [-0.2, -0.15) is 0 Å². The van der Waals surface area contributed by atoms with Crippen LogP contribution in [0.1, 0.15) is 30.9 Å². The lowest BCUT2D eigenvalue weighted by molar-refractivity contribution is 0.0831. The van der Waals surface area contributed by atoms with Gasteiger partial charge in [-0.25, -0.2) is 0 Å². The van der Waals surface area contributed by atoms with Crippen molar-refractivity contribution in [3.05, 3.63) is 29.3 Å². The number of rotatable bonds is 6. The molecule has 0 heterocycles. The lowest BCUT2D eigenvalue weighted by Gasteiger charge is -2.17. The molecule has 3 nitrogen and oxygen atoms in total. The lowest BCUT2D eigenvalue weighted by atomic mass is 9.98. The summed E-state index contributed by atoms with van der Waals surface area (Å²) < 4.78 is 5.61. The SMILES string of the molecule is Cc1cc(OC[C@H](O)CN(C)C)ccc1C(C)C. The third-order valence-electron chi connectivity index (χ3n) is 2.88. The van der Waals surface area contributed by atoms with Crippen molar-refractivity contribution in [3.63, 3.8) is 0 Å². The topological polar surface area (TPSA) is 32.7 Å². The Morgan fingerprint density at radius 2 is 1.94 bits per heavy atom. The molecule has 1 rings (SSSR count). The Morgan fingerprint density at radius 1 is 1.28 bits per heavy atom. The van der Waals surface area contributed by atoms with Gasteiger partial charge in [-0.3, -0.25) is 0 Å². The molecule has 1 aromatic rings. The second kappa shape index (κ2) is 6.76. The van der Waals surface area contributed by atoms with Crippen molar-refractivity contribution < 1.29 is 9.84 Å². The first-order valence-corrected chi connectivity index (χ1v) is 6.46. The molecule has 1 aromatic carbocycles. The number of hydrogen-bond donors (Lipinski definition) is 1. The van der Waals surface area contributed by atoms with E-state index in [1.54, 1.807) is 0 Å². The number of aliphatic hydroxyl groups excluding tert-OH is 1. The molecule has 0 unspecified atom stereocenters. The van der Waals surface area contributed by atoms with Crippen LogP contribution in [-0.4, -0.2) is 43.4 Å². The van der Waals surface area contributed by atoms with Crippen LogP contribution in [0.4, 0.5) is 0 Å². The van der Waals surface area contributed by atoms with Crippen LogP contribution in [0.25, 0.3) is 0 Å². The molecule has 0 fully saturated rings. The van der Waals surface area contributed by atoms with Gasteiger partial charge in [0.15, 0.2) is 0 Å². The first-order chi connectivity index (χ1) is 8.40. The molecule has 0 saturated heterocycles. The van der Waals surface area contributed by atoms with Gasteiger partial charge < -0.3 is 14.7 Å². The maximum Gasteiger partial charge on any atom is 0.119 e. The summed E-state index contributed by atoms with van der Waals surface area (Å²) in [5, 5.41) is 9.73. The van der Waals surface area contributed by atoms with E-state index in [1.807, 2.05) is 31.1 Å². The molecule has 0 spiro atoms. The highest BCUT2D eigenvalue weighted by molar-refractivity contribution is 5.36. The predicted molar refractivity (Wildman–Crippen MR) is 75.3 cm³/mol. The third-order valence-corrected chi connectivity index (χ3v) is 2.88. The van der Waals surface area contributed by atoms with E-state index in [4.69, 9.17) is 4.74 Å². The fraction of sp³-hybridized carbons (Fsp3) is 0.600. The van der Waals surface area contributed by atoms with Gasteiger partial charge in [-0.15, -0.1) is 0 Å². The van der Waals surface area contributed by atoms with Crippen molar-refractivity contribution in [3.8, 4) is 5.75 Å². The van der Waals surface area contributed by atoms with E-state index >= 15 is 0 Å². The third kappa shape index (κ3) is 4.67. The van der Waals surface area contributed by atoms with Crippen LogP contribution >= 0.6 is 0 Å². The Bertz CT molecular complexity index is 375. The average molecular weight is 251 g/mol. The molecule has 0 aromatic heterocycles. The summed E-state index contributed by atoms with van der Waals surface area (Å²) in [5.41, 5.74) is 2.58. The molecule has 0 aliphatic heterocycles. The summed E-state index contributed by atoms with van der Waals surface area (Å²) in [5.74, 6) is 1.35. The minimum atomic E-state index is -0.454. The normalized spacial score (nSPS) is 13.1. The van der Waals surface area contributed by atoms with Crippen molar-refractivity contribution >= 4 is 0 Å². The lowest BCUT2D eigenvalue weighted by Crippen LogP contribution is -2.30. The molecular formula is C15H25NO2. The van der Waals surface area contributed by atoms with E-state index in [1.165, 1.54) is 11.1 Å². The molecule has 1 N–H and O–H groups in total. The van der Waals surface area contributed by atoms with Crippen LogP contribution in [0.15, 0.2) is 18.2 Å². The van der Waals surface area contributed by atoms with Gasteiger partial charge in [-0.1, -0.05) is 19.9 Å². The van der Waals surface area contributed by atoms with Crippen LogP contribution in [0.5, 0.6) is 5.75 Å². The van der Waals surface area contributed by atoms with Gasteiger partial charge >= 0.3 is 0 Å². The molecule has 0 aliphatic rings. The molecule has 0 radical (unpaired) electrons. The standard InChI is InChI=1S/C15H25NO2/c1-11(2)15-7-6-14(8-12(15)3)18-10-13(17)9-16(4)5/h6-8,11,13,17H,9-10H2,1-5H3/t13-/m1/s1. The number of ether oxygens (including phenoxy) is 1. The Labute approximate surface area is 110 Å². The Morgan fingerprint density at radius 3 is 2.44 bits per heavy atom. The molecule has 18 heavy (non-hydrogen) atoms. The number of aryl methyl sites for hydroxylation is 1. The fourth-order valence-electron chi connectivity index (χ4n) is 2.05. The predicted octanol–water partition coefficient (Wildman–Crippen LogP) is 2.42. The van der Waals surface area contributed by atoms with E-state index in [0.29, 0.717) is 19.1 Å². The van der Waals surface area contributed by atoms with Gasteiger partial charge in [-0.05, 0) is 50.2 Å². The second-order valence-electron chi connectivity index (χ2n) is 5.40. The summed E-state index contributed by atoms with van der Waals surface area (Å²) >= 11 is 0. The van der Waals surface area contributed by atoms with Crippen LogP contribution < -0.4 is 4.74 Å². The monoisotopic (exact) mass is 251 g/mol. The molecule has 0 amide bonds. The van der Waals surface area contributed by atoms with E-state index < -0.39 is 6.10 Å². The van der Waals surface area contributed by atoms with Crippen LogP contribution in [-0.2, 0) is 0 Å². The number of hydrogen-bond acceptors (Lipinski definition) is 3. The molecule has 0 bridgehead atoms. The van der Waals surface area contributed by atoms with Gasteiger partial charge in [0, 0.05) is 6.54 Å². The minimum absolute atomic E-state index is 0.332. The smallest absolute Gasteiger partial charge is 0.119 e. The molecule has 0 aliphatic carbocycles. The quantitative estimate of drug-likeness (QED) is 0.843. The molecule has 3 heteroatoms. The summed E-state index contributed by atoms with van der Waals surface area (Å²) in [6.45, 7) is 7.41. The van der Waals surface area contributed by atoms with Crippen molar-refractivity contribution in [2.24, 2.45) is 0 Å². The van der Waals surface area contributed by atoms with Crippen LogP contribution in [0.3, 0.4) is 0 Å². The highest BCUT2D eigenvalue weighted by atomic mass is 16.5. The summed E-state index contributed by atoms with van der Waals surface area (Å²) in [7, 11) is 3.87.